The van der Waals surface area contributed by atoms with Gasteiger partial charge in [0.05, 0.1) is 12.2 Å². The molecule has 1 saturated heterocycles. The maximum Gasteiger partial charge on any atom is 0.351 e. The van der Waals surface area contributed by atoms with E-state index in [9.17, 15) is 23.5 Å². The summed E-state index contributed by atoms with van der Waals surface area (Å²) in [6.45, 7) is -0.837. The van der Waals surface area contributed by atoms with Gasteiger partial charge in [0.2, 0.25) is 6.23 Å². The Morgan fingerprint density at radius 2 is 2.04 bits per heavy atom. The van der Waals surface area contributed by atoms with E-state index in [0.717, 1.165) is 12.3 Å². The van der Waals surface area contributed by atoms with Crippen LogP contribution in [0.2, 0.25) is 0 Å². The van der Waals surface area contributed by atoms with E-state index in [-0.39, 0.29) is 11.4 Å². The minimum absolute atomic E-state index is 0.0646. The van der Waals surface area contributed by atoms with Gasteiger partial charge in [0.15, 0.2) is 6.10 Å². The number of ether oxygens (including phenoxy) is 2. The fourth-order valence-electron chi connectivity index (χ4n) is 2.62. The molecule has 0 aliphatic carbocycles. The average molecular weight is 367 g/mol. The molecule has 2 aromatic rings. The molecule has 3 N–H and O–H groups in total. The smallest absolute Gasteiger partial charge is 0.351 e. The first kappa shape index (κ1) is 18.0. The third-order valence-corrected chi connectivity index (χ3v) is 3.88. The quantitative estimate of drug-likeness (QED) is 0.759. The van der Waals surface area contributed by atoms with Crippen LogP contribution >= 0.6 is 0 Å². The van der Waals surface area contributed by atoms with Crippen LogP contribution in [0, 0.1) is 0 Å². The number of hydrogen-bond donors (Lipinski definition) is 2. The number of carbonyl (C=O) groups is 1. The summed E-state index contributed by atoms with van der Waals surface area (Å²) in [6, 6.07) is 8.69. The number of esters is 1. The second kappa shape index (κ2) is 6.81. The SMILES string of the molecule is Nc1ccn(C2OC(CO)C(OC(=O)c3ccccc3)C2(F)F)c(=O)n1. The molecular formula is C16H15F2N3O5. The number of halogens is 2. The fourth-order valence-corrected chi connectivity index (χ4v) is 2.62. The molecule has 1 aromatic heterocycles. The minimum Gasteiger partial charge on any atom is -0.449 e. The number of nitrogen functional groups attached to an aromatic ring is 1. The zero-order chi connectivity index (χ0) is 18.9. The Kier molecular flexibility index (Phi) is 4.70. The van der Waals surface area contributed by atoms with E-state index in [2.05, 4.69) is 4.98 Å². The topological polar surface area (TPSA) is 117 Å². The molecule has 8 nitrogen and oxygen atoms in total. The van der Waals surface area contributed by atoms with Crippen LogP contribution in [-0.2, 0) is 9.47 Å². The van der Waals surface area contributed by atoms with Crippen molar-refractivity contribution in [2.45, 2.75) is 24.4 Å². The van der Waals surface area contributed by atoms with Crippen molar-refractivity contribution in [3.63, 3.8) is 0 Å². The molecule has 0 spiro atoms. The summed E-state index contributed by atoms with van der Waals surface area (Å²) in [7, 11) is 0. The van der Waals surface area contributed by atoms with Gasteiger partial charge in [0, 0.05) is 6.20 Å². The normalized spacial score (nSPS) is 24.3. The standard InChI is InChI=1S/C16H15F2N3O5/c17-16(18)12(26-13(23)9-4-2-1-3-5-9)10(8-22)25-14(16)21-7-6-11(19)20-15(21)24/h1-7,10,12,14,22H,8H2,(H2,19,20,24). The molecular weight excluding hydrogens is 352 g/mol. The van der Waals surface area contributed by atoms with Crippen molar-refractivity contribution in [1.29, 1.82) is 0 Å². The van der Waals surface area contributed by atoms with E-state index < -0.39 is 42.6 Å². The molecule has 1 aliphatic rings. The number of nitrogens with two attached hydrogens (primary N) is 1. The molecule has 10 heteroatoms. The predicted molar refractivity (Wildman–Crippen MR) is 84.5 cm³/mol. The molecule has 3 unspecified atom stereocenters. The Bertz CT molecular complexity index is 858. The lowest BCUT2D eigenvalue weighted by Crippen LogP contribution is -2.44. The molecule has 3 atom stereocenters. The zero-order valence-electron chi connectivity index (χ0n) is 13.3. The Hall–Kier alpha value is -2.85. The van der Waals surface area contributed by atoms with Crippen molar-refractivity contribution < 1.29 is 28.2 Å². The molecule has 26 heavy (non-hydrogen) atoms. The summed E-state index contributed by atoms with van der Waals surface area (Å²) >= 11 is 0. The van der Waals surface area contributed by atoms with Crippen molar-refractivity contribution >= 4 is 11.8 Å². The van der Waals surface area contributed by atoms with E-state index in [1.54, 1.807) is 18.2 Å². The highest BCUT2D eigenvalue weighted by molar-refractivity contribution is 5.89. The Morgan fingerprint density at radius 1 is 1.35 bits per heavy atom. The van der Waals surface area contributed by atoms with Gasteiger partial charge < -0.3 is 20.3 Å². The summed E-state index contributed by atoms with van der Waals surface area (Å²) in [6.07, 6.45) is -4.71. The van der Waals surface area contributed by atoms with Crippen molar-refractivity contribution in [3.05, 3.63) is 58.6 Å². The van der Waals surface area contributed by atoms with Crippen LogP contribution in [-0.4, -0.2) is 45.4 Å². The second-order valence-electron chi connectivity index (χ2n) is 5.62. The largest absolute Gasteiger partial charge is 0.449 e. The lowest BCUT2D eigenvalue weighted by atomic mass is 10.1. The van der Waals surface area contributed by atoms with Gasteiger partial charge in [-0.25, -0.2) is 9.59 Å². The zero-order valence-corrected chi connectivity index (χ0v) is 13.3. The van der Waals surface area contributed by atoms with Crippen LogP contribution in [0.15, 0.2) is 47.4 Å². The number of alkyl halides is 2. The van der Waals surface area contributed by atoms with Crippen LogP contribution < -0.4 is 11.4 Å². The monoisotopic (exact) mass is 367 g/mol. The van der Waals surface area contributed by atoms with Crippen LogP contribution in [0.4, 0.5) is 14.6 Å². The van der Waals surface area contributed by atoms with Crippen molar-refractivity contribution in [1.82, 2.24) is 9.55 Å². The molecule has 3 rings (SSSR count). The lowest BCUT2D eigenvalue weighted by Gasteiger charge is -2.24. The van der Waals surface area contributed by atoms with Crippen LogP contribution in [0.25, 0.3) is 0 Å². The highest BCUT2D eigenvalue weighted by Crippen LogP contribution is 2.44. The van der Waals surface area contributed by atoms with Crippen molar-refractivity contribution in [2.24, 2.45) is 0 Å². The number of rotatable bonds is 4. The molecule has 0 amide bonds. The summed E-state index contributed by atoms with van der Waals surface area (Å²) < 4.78 is 40.2. The van der Waals surface area contributed by atoms with Gasteiger partial charge in [-0.05, 0) is 18.2 Å². The van der Waals surface area contributed by atoms with Gasteiger partial charge in [-0.1, -0.05) is 18.2 Å². The maximum atomic E-state index is 14.8. The van der Waals surface area contributed by atoms with Crippen molar-refractivity contribution in [3.8, 4) is 0 Å². The highest BCUT2D eigenvalue weighted by atomic mass is 19.3. The van der Waals surface area contributed by atoms with E-state index in [1.807, 2.05) is 0 Å². The van der Waals surface area contributed by atoms with E-state index in [4.69, 9.17) is 15.2 Å². The number of hydrogen-bond acceptors (Lipinski definition) is 7. The summed E-state index contributed by atoms with van der Waals surface area (Å²) in [4.78, 5) is 27.3. The van der Waals surface area contributed by atoms with Gasteiger partial charge in [-0.2, -0.15) is 13.8 Å². The average Bonchev–Trinajstić information content (AvgIpc) is 2.86. The number of nitrogens with zero attached hydrogens (tertiary/aromatic N) is 2. The number of aliphatic hydroxyl groups is 1. The third kappa shape index (κ3) is 3.16. The van der Waals surface area contributed by atoms with E-state index in [1.165, 1.54) is 12.1 Å². The molecule has 0 saturated carbocycles. The van der Waals surface area contributed by atoms with Crippen LogP contribution in [0.1, 0.15) is 16.6 Å². The molecule has 0 radical (unpaired) electrons. The first-order chi connectivity index (χ1) is 12.3. The number of aliphatic hydroxyl groups excluding tert-OH is 1. The second-order valence-corrected chi connectivity index (χ2v) is 5.62. The van der Waals surface area contributed by atoms with E-state index >= 15 is 0 Å². The van der Waals surface area contributed by atoms with Gasteiger partial charge in [-0.15, -0.1) is 0 Å². The van der Waals surface area contributed by atoms with Crippen LogP contribution in [0.3, 0.4) is 0 Å². The third-order valence-electron chi connectivity index (χ3n) is 3.88. The van der Waals surface area contributed by atoms with Gasteiger partial charge in [0.1, 0.15) is 11.9 Å². The van der Waals surface area contributed by atoms with E-state index in [0.29, 0.717) is 4.57 Å². The lowest BCUT2D eigenvalue weighted by molar-refractivity contribution is -0.142. The van der Waals surface area contributed by atoms with Gasteiger partial charge >= 0.3 is 17.6 Å². The number of aromatic nitrogens is 2. The maximum absolute atomic E-state index is 14.8. The minimum atomic E-state index is -3.79. The number of carbonyl (C=O) groups excluding carboxylic acids is 1. The number of anilines is 1. The van der Waals surface area contributed by atoms with Gasteiger partial charge in [-0.3, -0.25) is 4.57 Å². The highest BCUT2D eigenvalue weighted by Gasteiger charge is 2.62. The molecule has 0 bridgehead atoms. The van der Waals surface area contributed by atoms with Crippen molar-refractivity contribution in [2.75, 3.05) is 12.3 Å². The summed E-state index contributed by atoms with van der Waals surface area (Å²) in [5, 5.41) is 9.36. The predicted octanol–water partition coefficient (Wildman–Crippen LogP) is 0.576. The molecule has 1 aliphatic heterocycles. The van der Waals surface area contributed by atoms with Crippen LogP contribution in [0.5, 0.6) is 0 Å². The fraction of sp³-hybridized carbons (Fsp3) is 0.312. The molecule has 1 aromatic carbocycles. The first-order valence-electron chi connectivity index (χ1n) is 7.59. The molecule has 2 heterocycles. The molecule has 138 valence electrons. The Balaban J connectivity index is 1.90. The molecule has 1 fully saturated rings. The summed E-state index contributed by atoms with van der Waals surface area (Å²) in [5.41, 5.74) is 4.35. The van der Waals surface area contributed by atoms with Gasteiger partial charge in [0.25, 0.3) is 0 Å². The summed E-state index contributed by atoms with van der Waals surface area (Å²) in [5.74, 6) is -4.93. The first-order valence-corrected chi connectivity index (χ1v) is 7.59. The Morgan fingerprint density at radius 3 is 2.65 bits per heavy atom. The Labute approximate surface area is 145 Å². The number of benzene rings is 1.